The van der Waals surface area contributed by atoms with E-state index < -0.39 is 20.8 Å². The molecule has 202 valence electrons. The molecule has 40 heavy (non-hydrogen) atoms. The summed E-state index contributed by atoms with van der Waals surface area (Å²) >= 11 is -0.826. The van der Waals surface area contributed by atoms with Gasteiger partial charge in [0.05, 0.1) is 9.52 Å². The van der Waals surface area contributed by atoms with E-state index >= 15 is 0 Å². The van der Waals surface area contributed by atoms with Crippen molar-refractivity contribution in [2.24, 2.45) is 0 Å². The van der Waals surface area contributed by atoms with Crippen molar-refractivity contribution in [2.45, 2.75) is 59.8 Å². The fourth-order valence-corrected chi connectivity index (χ4v) is 6.84. The Morgan fingerprint density at radius 3 is 2.30 bits per heavy atom. The molecule has 5 aromatic rings. The molecule has 2 radical (unpaired) electrons. The first-order chi connectivity index (χ1) is 19.4. The molecule has 0 bridgehead atoms. The molecule has 0 atom stereocenters. The quantitative estimate of drug-likeness (QED) is 0.128. The third kappa shape index (κ3) is 7.51. The number of hydrogen-bond acceptors (Lipinski definition) is 0. The first-order valence-electron chi connectivity index (χ1n) is 14.0. The maximum atomic E-state index is 4.93. The third-order valence-electron chi connectivity index (χ3n) is 7.27. The maximum Gasteiger partial charge on any atom is 0.0920 e. The van der Waals surface area contributed by atoms with Crippen LogP contribution < -0.4 is 10.4 Å². The van der Waals surface area contributed by atoms with Gasteiger partial charge in [0.1, 0.15) is 0 Å². The van der Waals surface area contributed by atoms with Gasteiger partial charge in [0.15, 0.2) is 0 Å². The molecule has 0 N–H and O–H groups in total. The third-order valence-corrected chi connectivity index (χ3v) is 8.64. The Morgan fingerprint density at radius 1 is 0.900 bits per heavy atom. The summed E-state index contributed by atoms with van der Waals surface area (Å²) in [5, 5.41) is 5.64. The van der Waals surface area contributed by atoms with Crippen molar-refractivity contribution >= 4 is 47.7 Å². The molecule has 1 heterocycles. The molecule has 0 spiro atoms. The molecule has 0 saturated heterocycles. The van der Waals surface area contributed by atoms with E-state index in [1.54, 1.807) is 0 Å². The number of aryl methyl sites for hydroxylation is 3. The summed E-state index contributed by atoms with van der Waals surface area (Å²) in [5.74, 6) is 0.527. The van der Waals surface area contributed by atoms with Gasteiger partial charge in [-0.1, -0.05) is 109 Å². The zero-order chi connectivity index (χ0) is 28.6. The molecule has 0 nitrogen and oxygen atoms in total. The van der Waals surface area contributed by atoms with Crippen LogP contribution in [0.4, 0.5) is 0 Å². The van der Waals surface area contributed by atoms with Crippen LogP contribution in [-0.2, 0) is 27.3 Å². The molecule has 1 aliphatic rings. The number of fused-ring (bicyclic) bond motifs is 4. The van der Waals surface area contributed by atoms with E-state index in [0.29, 0.717) is 5.92 Å². The van der Waals surface area contributed by atoms with Crippen LogP contribution in [-0.4, -0.2) is 9.52 Å². The first kappa shape index (κ1) is 31.1. The minimum absolute atomic E-state index is 0.527. The molecular weight excluding hydrogens is 623 g/mol. The van der Waals surface area contributed by atoms with Crippen LogP contribution in [0.15, 0.2) is 84.9 Å². The van der Waals surface area contributed by atoms with Gasteiger partial charge < -0.3 is 0 Å². The van der Waals surface area contributed by atoms with Crippen LogP contribution in [0.3, 0.4) is 0 Å². The zero-order valence-electron chi connectivity index (χ0n) is 24.0. The van der Waals surface area contributed by atoms with E-state index in [1.165, 1.54) is 84.9 Å². The van der Waals surface area contributed by atoms with Crippen LogP contribution in [0.2, 0.25) is 0 Å². The van der Waals surface area contributed by atoms with Crippen LogP contribution in [0.5, 0.6) is 0 Å². The molecule has 1 aliphatic heterocycles. The minimum Gasteiger partial charge on any atom is -0.184 e. The number of halogens is 2. The van der Waals surface area contributed by atoms with E-state index in [-0.39, 0.29) is 0 Å². The average molecular weight is 659 g/mol. The van der Waals surface area contributed by atoms with Crippen LogP contribution in [0.25, 0.3) is 33.0 Å². The van der Waals surface area contributed by atoms with Gasteiger partial charge in [-0.05, 0) is 31.7 Å². The second-order valence-electron chi connectivity index (χ2n) is 10.7. The molecule has 5 aromatic carbocycles. The number of hydrogen-bond donors (Lipinski definition) is 0. The monoisotopic (exact) mass is 656 g/mol. The summed E-state index contributed by atoms with van der Waals surface area (Å²) in [6, 6.07) is 34.6. The van der Waals surface area contributed by atoms with Crippen molar-refractivity contribution in [1.29, 1.82) is 0 Å². The Balaban J connectivity index is 0.000000192. The Labute approximate surface area is 262 Å². The smallest absolute Gasteiger partial charge is 0.0920 e. The number of benzene rings is 4. The molecule has 0 saturated carbocycles. The molecule has 6 rings (SSSR count). The molecule has 0 aromatic heterocycles. The summed E-state index contributed by atoms with van der Waals surface area (Å²) in [7, 11) is 10.7. The van der Waals surface area contributed by atoms with E-state index in [0.717, 1.165) is 9.52 Å². The van der Waals surface area contributed by atoms with Gasteiger partial charge in [-0.2, -0.15) is 35.5 Å². The zero-order valence-corrected chi connectivity index (χ0v) is 29.0. The summed E-state index contributed by atoms with van der Waals surface area (Å²) in [6.45, 7) is 11.3. The van der Waals surface area contributed by atoms with Gasteiger partial charge in [-0.25, -0.2) is 0 Å². The first-order valence-corrected chi connectivity index (χ1v) is 21.3. The SMILES string of the molecule is CCCCc1cc2c(-c3cc(C)cc(C)c3)c(C(C)C)ccc2[cH-]1.[Cl][Zr+2][Cl].[c-]1cccc2c1[Si]c1ccccc1-2. The van der Waals surface area contributed by atoms with Gasteiger partial charge in [0.2, 0.25) is 0 Å². The van der Waals surface area contributed by atoms with E-state index in [1.807, 2.05) is 6.07 Å². The van der Waals surface area contributed by atoms with Crippen LogP contribution in [0, 0.1) is 19.9 Å². The normalized spacial score (nSPS) is 11.2. The van der Waals surface area contributed by atoms with E-state index in [4.69, 9.17) is 17.0 Å². The fraction of sp³-hybridized carbons (Fsp3) is 0.250. The van der Waals surface area contributed by atoms with Gasteiger partial charge >= 0.3 is 37.9 Å². The molecule has 0 unspecified atom stereocenters. The van der Waals surface area contributed by atoms with Gasteiger partial charge in [0.25, 0.3) is 0 Å². The second kappa shape index (κ2) is 14.9. The van der Waals surface area contributed by atoms with Crippen molar-refractivity contribution in [3.63, 3.8) is 0 Å². The molecule has 0 fully saturated rings. The van der Waals surface area contributed by atoms with Crippen molar-refractivity contribution in [3.05, 3.63) is 113 Å². The number of unbranched alkanes of at least 4 members (excludes halogenated alkanes) is 1. The summed E-state index contributed by atoms with van der Waals surface area (Å²) in [5.41, 5.74) is 11.2. The Kier molecular flexibility index (Phi) is 11.6. The van der Waals surface area contributed by atoms with Gasteiger partial charge in [0, 0.05) is 0 Å². The minimum atomic E-state index is -0.826. The largest absolute Gasteiger partial charge is 0.184 e. The predicted molar refractivity (Wildman–Crippen MR) is 175 cm³/mol. The molecular formula is C36H36Cl2SiZr. The maximum absolute atomic E-state index is 4.93. The Morgan fingerprint density at radius 2 is 1.60 bits per heavy atom. The van der Waals surface area contributed by atoms with Crippen LogP contribution in [0.1, 0.15) is 61.8 Å². The summed E-state index contributed by atoms with van der Waals surface area (Å²) in [4.78, 5) is 0. The standard InChI is InChI=1S/C24H29.C12H7Si.2ClH.Zr/c1-6-7-8-19-14-20-9-10-22(16(2)3)24(23(20)15-19)21-12-17(4)11-18(5)13-21;1-3-7-11-9(5-1)10-6-2-4-8-12(10)13-11;;;/h9-16H,6-8H2,1-5H3;1-7H;2*1H;/q2*-1;;;+4/p-2. The van der Waals surface area contributed by atoms with Crippen molar-refractivity contribution in [2.75, 3.05) is 0 Å². The van der Waals surface area contributed by atoms with Gasteiger partial charge in [-0.3, -0.25) is 0 Å². The van der Waals surface area contributed by atoms with Crippen molar-refractivity contribution < 1.29 is 20.8 Å². The van der Waals surface area contributed by atoms with Gasteiger partial charge in [-0.15, -0.1) is 40.1 Å². The molecule has 0 amide bonds. The van der Waals surface area contributed by atoms with E-state index in [9.17, 15) is 0 Å². The number of rotatable bonds is 5. The predicted octanol–water partition coefficient (Wildman–Crippen LogP) is 9.81. The average Bonchev–Trinajstić information content (AvgIpc) is 3.52. The summed E-state index contributed by atoms with van der Waals surface area (Å²) in [6.07, 6.45) is 3.71. The van der Waals surface area contributed by atoms with Crippen molar-refractivity contribution in [1.82, 2.24) is 0 Å². The molecule has 0 aliphatic carbocycles. The topological polar surface area (TPSA) is 0 Å². The Bertz CT molecular complexity index is 1500. The fourth-order valence-electron chi connectivity index (χ4n) is 5.53. The van der Waals surface area contributed by atoms with Crippen molar-refractivity contribution in [3.8, 4) is 22.3 Å². The van der Waals surface area contributed by atoms with E-state index in [2.05, 4.69) is 120 Å². The second-order valence-corrected chi connectivity index (χ2v) is 15.8. The Hall–Kier alpha value is -1.83. The molecule has 4 heteroatoms. The summed E-state index contributed by atoms with van der Waals surface area (Å²) < 4.78 is 0. The van der Waals surface area contributed by atoms with Crippen LogP contribution >= 0.6 is 17.0 Å².